The van der Waals surface area contributed by atoms with Crippen molar-refractivity contribution in [3.63, 3.8) is 0 Å². The number of pyridine rings is 2. The molecule has 7 nitrogen and oxygen atoms in total. The summed E-state index contributed by atoms with van der Waals surface area (Å²) in [5, 5.41) is 20.4. The van der Waals surface area contributed by atoms with Crippen molar-refractivity contribution in [3.05, 3.63) is 72.3 Å². The first-order valence-electron chi connectivity index (χ1n) is 9.30. The van der Waals surface area contributed by atoms with Crippen LogP contribution in [0.3, 0.4) is 0 Å². The maximum absolute atomic E-state index is 12.1. The first-order chi connectivity index (χ1) is 14.5. The molecule has 1 aromatic carbocycles. The van der Waals surface area contributed by atoms with E-state index in [0.717, 1.165) is 33.3 Å². The van der Waals surface area contributed by atoms with Crippen molar-refractivity contribution in [3.8, 4) is 28.3 Å². The van der Waals surface area contributed by atoms with Gasteiger partial charge in [0.25, 0.3) is 5.91 Å². The summed E-state index contributed by atoms with van der Waals surface area (Å²) in [5.41, 5.74) is 5.12. The van der Waals surface area contributed by atoms with Crippen molar-refractivity contribution in [2.75, 3.05) is 14.1 Å². The van der Waals surface area contributed by atoms with Gasteiger partial charge in [-0.25, -0.2) is 4.98 Å². The number of rotatable bonds is 4. The molecule has 0 radical (unpaired) electrons. The number of benzene rings is 1. The summed E-state index contributed by atoms with van der Waals surface area (Å²) in [5.74, 6) is -0.409. The Hall–Kier alpha value is -4.02. The summed E-state index contributed by atoms with van der Waals surface area (Å²) in [4.78, 5) is 25.3. The highest BCUT2D eigenvalue weighted by molar-refractivity contribution is 5.96. The van der Waals surface area contributed by atoms with Gasteiger partial charge in [-0.3, -0.25) is 9.78 Å². The normalized spacial score (nSPS) is 11.8. The van der Waals surface area contributed by atoms with Crippen LogP contribution in [0.4, 0.5) is 0 Å². The Morgan fingerprint density at radius 2 is 1.93 bits per heavy atom. The van der Waals surface area contributed by atoms with Crippen molar-refractivity contribution in [2.45, 2.75) is 6.10 Å². The van der Waals surface area contributed by atoms with Crippen molar-refractivity contribution < 1.29 is 9.90 Å². The topological polar surface area (TPSA) is 106 Å². The molecular weight excluding hydrogens is 378 g/mol. The number of nitrogens with zero attached hydrogens (tertiary/aromatic N) is 4. The fourth-order valence-corrected chi connectivity index (χ4v) is 3.31. The fraction of sp³-hybridized carbons (Fsp3) is 0.130. The molecular formula is C23H19N5O2. The second-order valence-electron chi connectivity index (χ2n) is 7.16. The van der Waals surface area contributed by atoms with Gasteiger partial charge < -0.3 is 15.0 Å². The molecule has 3 aromatic heterocycles. The van der Waals surface area contributed by atoms with Gasteiger partial charge in [-0.2, -0.15) is 5.26 Å². The van der Waals surface area contributed by atoms with Crippen molar-refractivity contribution in [1.29, 1.82) is 5.26 Å². The number of aliphatic hydroxyl groups is 1. The van der Waals surface area contributed by atoms with E-state index in [1.807, 2.05) is 30.5 Å². The predicted molar refractivity (Wildman–Crippen MR) is 113 cm³/mol. The highest BCUT2D eigenvalue weighted by atomic mass is 16.3. The molecule has 7 heteroatoms. The van der Waals surface area contributed by atoms with Gasteiger partial charge in [-0.15, -0.1) is 0 Å². The number of carbonyl (C=O) groups is 1. The van der Waals surface area contributed by atoms with Gasteiger partial charge in [-0.05, 0) is 29.8 Å². The molecule has 0 aliphatic heterocycles. The second-order valence-corrected chi connectivity index (χ2v) is 7.16. The van der Waals surface area contributed by atoms with E-state index < -0.39 is 12.0 Å². The molecule has 0 saturated heterocycles. The van der Waals surface area contributed by atoms with E-state index in [0.29, 0.717) is 11.1 Å². The zero-order chi connectivity index (χ0) is 21.3. The van der Waals surface area contributed by atoms with Gasteiger partial charge >= 0.3 is 0 Å². The maximum Gasteiger partial charge on any atom is 0.255 e. The molecule has 2 N–H and O–H groups in total. The summed E-state index contributed by atoms with van der Waals surface area (Å²) in [6.45, 7) is 0. The van der Waals surface area contributed by atoms with E-state index in [9.17, 15) is 15.2 Å². The number of aromatic amines is 1. The maximum atomic E-state index is 12.1. The number of aliphatic hydroxyl groups excluding tert-OH is 1. The molecule has 3 heterocycles. The third kappa shape index (κ3) is 3.52. The van der Waals surface area contributed by atoms with E-state index >= 15 is 0 Å². The summed E-state index contributed by atoms with van der Waals surface area (Å²) < 4.78 is 0. The quantitative estimate of drug-likeness (QED) is 0.550. The van der Waals surface area contributed by atoms with Gasteiger partial charge in [0.05, 0.1) is 11.6 Å². The van der Waals surface area contributed by atoms with E-state index in [2.05, 4.69) is 21.0 Å². The molecule has 1 amide bonds. The lowest BCUT2D eigenvalue weighted by molar-refractivity contribution is -0.137. The Morgan fingerprint density at radius 1 is 1.13 bits per heavy atom. The number of H-pyrrole nitrogens is 1. The zero-order valence-corrected chi connectivity index (χ0v) is 16.5. The molecule has 148 valence electrons. The Morgan fingerprint density at radius 3 is 2.70 bits per heavy atom. The summed E-state index contributed by atoms with van der Waals surface area (Å²) >= 11 is 0. The average molecular weight is 397 g/mol. The van der Waals surface area contributed by atoms with Crippen LogP contribution in [-0.4, -0.2) is 45.0 Å². The van der Waals surface area contributed by atoms with Crippen LogP contribution < -0.4 is 0 Å². The Bertz CT molecular complexity index is 1290. The smallest absolute Gasteiger partial charge is 0.255 e. The number of hydrogen-bond donors (Lipinski definition) is 2. The number of likely N-dealkylation sites (N-methyl/N-ethyl adjacent to an activating group) is 1. The number of aromatic nitrogens is 3. The molecule has 1 unspecified atom stereocenters. The largest absolute Gasteiger partial charge is 0.378 e. The van der Waals surface area contributed by atoms with Gasteiger partial charge in [0.2, 0.25) is 0 Å². The van der Waals surface area contributed by atoms with Crippen LogP contribution in [0, 0.1) is 11.3 Å². The van der Waals surface area contributed by atoms with E-state index in [1.54, 1.807) is 38.6 Å². The summed E-state index contributed by atoms with van der Waals surface area (Å²) in [7, 11) is 3.19. The SMILES string of the molecule is CN(C)C(=O)C(O)c1cncc(-c2cnc3[nH]cc(-c4cccc(C#N)c4)c3c2)c1. The second kappa shape index (κ2) is 7.78. The first kappa shape index (κ1) is 19.3. The molecule has 0 spiro atoms. The summed E-state index contributed by atoms with van der Waals surface area (Å²) in [6, 6.07) is 13.3. The van der Waals surface area contributed by atoms with Gasteiger partial charge in [0.1, 0.15) is 5.65 Å². The van der Waals surface area contributed by atoms with Crippen LogP contribution in [0.25, 0.3) is 33.3 Å². The van der Waals surface area contributed by atoms with Crippen LogP contribution in [0.2, 0.25) is 0 Å². The molecule has 0 bridgehead atoms. The lowest BCUT2D eigenvalue weighted by Crippen LogP contribution is -2.28. The Labute approximate surface area is 173 Å². The molecule has 1 atom stereocenters. The van der Waals surface area contributed by atoms with Gasteiger partial charge in [-0.1, -0.05) is 12.1 Å². The van der Waals surface area contributed by atoms with Crippen LogP contribution in [-0.2, 0) is 4.79 Å². The molecule has 0 aliphatic carbocycles. The van der Waals surface area contributed by atoms with Gasteiger partial charge in [0, 0.05) is 66.5 Å². The molecule has 0 fully saturated rings. The molecule has 30 heavy (non-hydrogen) atoms. The first-order valence-corrected chi connectivity index (χ1v) is 9.30. The number of hydrogen-bond acceptors (Lipinski definition) is 5. The van der Waals surface area contributed by atoms with Crippen molar-refractivity contribution in [1.82, 2.24) is 19.9 Å². The lowest BCUT2D eigenvalue weighted by atomic mass is 10.0. The van der Waals surface area contributed by atoms with Crippen LogP contribution >= 0.6 is 0 Å². The lowest BCUT2D eigenvalue weighted by Gasteiger charge is -2.16. The van der Waals surface area contributed by atoms with Crippen molar-refractivity contribution in [2.24, 2.45) is 0 Å². The number of carbonyl (C=O) groups excluding carboxylic acids is 1. The number of nitrogens with one attached hydrogen (secondary N) is 1. The minimum Gasteiger partial charge on any atom is -0.378 e. The minimum absolute atomic E-state index is 0.409. The Balaban J connectivity index is 1.77. The monoisotopic (exact) mass is 397 g/mol. The van der Waals surface area contributed by atoms with E-state index in [4.69, 9.17) is 0 Å². The third-order valence-electron chi connectivity index (χ3n) is 4.92. The fourth-order valence-electron chi connectivity index (χ4n) is 3.31. The third-order valence-corrected chi connectivity index (χ3v) is 4.92. The zero-order valence-electron chi connectivity index (χ0n) is 16.5. The Kier molecular flexibility index (Phi) is 5.00. The van der Waals surface area contributed by atoms with Crippen molar-refractivity contribution >= 4 is 16.9 Å². The van der Waals surface area contributed by atoms with E-state index in [-0.39, 0.29) is 0 Å². The highest BCUT2D eigenvalue weighted by Crippen LogP contribution is 2.31. The summed E-state index contributed by atoms with van der Waals surface area (Å²) in [6.07, 6.45) is 5.46. The standard InChI is InChI=1S/C23H19N5O2/c1-28(2)23(30)21(29)18-7-16(10-25-11-18)17-8-19-20(13-27-22(19)26-12-17)15-5-3-4-14(6-15)9-24/h3-8,10-13,21,29H,1-2H3,(H,26,27). The van der Waals surface area contributed by atoms with Crippen LogP contribution in [0.1, 0.15) is 17.2 Å². The minimum atomic E-state index is -1.28. The highest BCUT2D eigenvalue weighted by Gasteiger charge is 2.20. The van der Waals surface area contributed by atoms with E-state index in [1.165, 1.54) is 11.1 Å². The number of nitriles is 1. The molecule has 0 aliphatic rings. The molecule has 0 saturated carbocycles. The average Bonchev–Trinajstić information content (AvgIpc) is 3.21. The van der Waals surface area contributed by atoms with Gasteiger partial charge in [0.15, 0.2) is 6.10 Å². The van der Waals surface area contributed by atoms with Crippen LogP contribution in [0.15, 0.2) is 61.2 Å². The molecule has 4 aromatic rings. The molecule has 4 rings (SSSR count). The number of fused-ring (bicyclic) bond motifs is 1. The predicted octanol–water partition coefficient (Wildman–Crippen LogP) is 3.29. The van der Waals surface area contributed by atoms with Crippen LogP contribution in [0.5, 0.6) is 0 Å². The number of amides is 1.